The molecule has 0 aliphatic rings. The molecule has 0 heterocycles. The fraction of sp³-hybridized carbons (Fsp3) is 0. The van der Waals surface area contributed by atoms with Crippen molar-refractivity contribution in [2.75, 3.05) is 0 Å². The number of carbonyl (C=O) groups is 1. The first-order chi connectivity index (χ1) is 12.8. The fourth-order valence-electron chi connectivity index (χ4n) is 3.41. The van der Waals surface area contributed by atoms with Crippen LogP contribution in [-0.4, -0.2) is 5.91 Å². The number of carbonyl (C=O) groups excluding carboxylic acids is 1. The first kappa shape index (κ1) is 16.1. The van der Waals surface area contributed by atoms with Gasteiger partial charge in [0.1, 0.15) is 0 Å². The molecule has 4 rings (SSSR count). The molecule has 0 atom stereocenters. The minimum absolute atomic E-state index is 0.299. The van der Waals surface area contributed by atoms with E-state index in [4.69, 9.17) is 5.84 Å². The van der Waals surface area contributed by atoms with Gasteiger partial charge in [0.25, 0.3) is 5.91 Å². The summed E-state index contributed by atoms with van der Waals surface area (Å²) in [6.07, 6.45) is 0. The molecule has 0 aliphatic heterocycles. The van der Waals surface area contributed by atoms with Gasteiger partial charge in [-0.25, -0.2) is 5.84 Å². The first-order valence-corrected chi connectivity index (χ1v) is 8.47. The summed E-state index contributed by atoms with van der Waals surface area (Å²) in [5, 5.41) is 2.24. The number of nitrogens with one attached hydrogen (secondary N) is 1. The molecule has 0 unspecified atom stereocenters. The van der Waals surface area contributed by atoms with Crippen molar-refractivity contribution in [1.29, 1.82) is 0 Å². The molecule has 0 aromatic heterocycles. The summed E-state index contributed by atoms with van der Waals surface area (Å²) in [4.78, 5) is 12.7. The van der Waals surface area contributed by atoms with Gasteiger partial charge in [-0.15, -0.1) is 0 Å². The maximum atomic E-state index is 12.7. The Balaban J connectivity index is 2.04. The summed E-state index contributed by atoms with van der Waals surface area (Å²) < 4.78 is 0. The largest absolute Gasteiger partial charge is 0.290 e. The zero-order chi connectivity index (χ0) is 17.9. The van der Waals surface area contributed by atoms with Gasteiger partial charge in [-0.3, -0.25) is 10.2 Å². The number of hydrogen-bond acceptors (Lipinski definition) is 2. The Morgan fingerprint density at radius 2 is 1.27 bits per heavy atom. The van der Waals surface area contributed by atoms with E-state index in [-0.39, 0.29) is 5.91 Å². The second-order valence-corrected chi connectivity index (χ2v) is 6.09. The maximum Gasteiger partial charge on any atom is 0.266 e. The zero-order valence-electron chi connectivity index (χ0n) is 14.1. The van der Waals surface area contributed by atoms with Gasteiger partial charge in [0.15, 0.2) is 0 Å². The molecule has 4 aromatic rings. The molecule has 4 aromatic carbocycles. The van der Waals surface area contributed by atoms with Crippen molar-refractivity contribution < 1.29 is 4.79 Å². The molecule has 126 valence electrons. The van der Waals surface area contributed by atoms with Gasteiger partial charge in [-0.1, -0.05) is 91.0 Å². The number of amides is 1. The highest BCUT2D eigenvalue weighted by atomic mass is 16.2. The van der Waals surface area contributed by atoms with Crippen molar-refractivity contribution in [3.63, 3.8) is 0 Å². The molecular weight excluding hydrogens is 320 g/mol. The summed E-state index contributed by atoms with van der Waals surface area (Å²) in [5.74, 6) is 5.21. The molecule has 0 aliphatic carbocycles. The topological polar surface area (TPSA) is 55.1 Å². The predicted molar refractivity (Wildman–Crippen MR) is 106 cm³/mol. The lowest BCUT2D eigenvalue weighted by Crippen LogP contribution is -2.31. The van der Waals surface area contributed by atoms with Crippen molar-refractivity contribution in [2.24, 2.45) is 5.84 Å². The van der Waals surface area contributed by atoms with Crippen LogP contribution < -0.4 is 11.3 Å². The fourth-order valence-corrected chi connectivity index (χ4v) is 3.41. The van der Waals surface area contributed by atoms with Crippen LogP contribution in [0.15, 0.2) is 91.0 Å². The van der Waals surface area contributed by atoms with Crippen molar-refractivity contribution in [3.8, 4) is 22.3 Å². The molecule has 0 spiro atoms. The molecule has 1 amide bonds. The molecule has 3 nitrogen and oxygen atoms in total. The number of rotatable bonds is 3. The van der Waals surface area contributed by atoms with Gasteiger partial charge >= 0.3 is 0 Å². The second-order valence-electron chi connectivity index (χ2n) is 6.09. The van der Waals surface area contributed by atoms with Crippen LogP contribution >= 0.6 is 0 Å². The molecular formula is C23H18N2O. The molecule has 0 radical (unpaired) electrons. The molecule has 0 fully saturated rings. The van der Waals surface area contributed by atoms with E-state index >= 15 is 0 Å². The van der Waals surface area contributed by atoms with Gasteiger partial charge in [-0.05, 0) is 33.0 Å². The number of nitrogen functional groups attached to an aromatic ring is 1. The normalized spacial score (nSPS) is 10.7. The van der Waals surface area contributed by atoms with Crippen LogP contribution in [0.25, 0.3) is 33.0 Å². The van der Waals surface area contributed by atoms with E-state index in [1.807, 2.05) is 72.8 Å². The zero-order valence-corrected chi connectivity index (χ0v) is 14.1. The lowest BCUT2D eigenvalue weighted by molar-refractivity contribution is 0.0955. The molecule has 26 heavy (non-hydrogen) atoms. The monoisotopic (exact) mass is 338 g/mol. The maximum absolute atomic E-state index is 12.7. The van der Waals surface area contributed by atoms with E-state index in [1.54, 1.807) is 0 Å². The average Bonchev–Trinajstić information content (AvgIpc) is 2.73. The smallest absolute Gasteiger partial charge is 0.266 e. The second kappa shape index (κ2) is 6.82. The number of hydrazine groups is 1. The molecule has 0 saturated carbocycles. The van der Waals surface area contributed by atoms with E-state index in [1.165, 1.54) is 0 Å². The van der Waals surface area contributed by atoms with Crippen molar-refractivity contribution in [3.05, 3.63) is 96.6 Å². The Bertz CT molecular complexity index is 1080. The Morgan fingerprint density at radius 3 is 2.08 bits per heavy atom. The Hall–Kier alpha value is -3.43. The number of hydrogen-bond donors (Lipinski definition) is 2. The Morgan fingerprint density at radius 1 is 0.654 bits per heavy atom. The van der Waals surface area contributed by atoms with E-state index in [0.29, 0.717) is 5.56 Å². The summed E-state index contributed by atoms with van der Waals surface area (Å²) in [7, 11) is 0. The van der Waals surface area contributed by atoms with Gasteiger partial charge in [-0.2, -0.15) is 0 Å². The number of benzene rings is 4. The predicted octanol–water partition coefficient (Wildman–Crippen LogP) is 4.78. The summed E-state index contributed by atoms with van der Waals surface area (Å²) in [6.45, 7) is 0. The SMILES string of the molecule is NNC(=O)c1c(-c2ccccc2)cccc1-c1cccc2ccccc12. The summed E-state index contributed by atoms with van der Waals surface area (Å²) in [6, 6.07) is 30.1. The third-order valence-corrected chi connectivity index (χ3v) is 4.59. The highest BCUT2D eigenvalue weighted by Crippen LogP contribution is 2.35. The average molecular weight is 338 g/mol. The lowest BCUT2D eigenvalue weighted by Gasteiger charge is -2.16. The minimum atomic E-state index is -0.299. The van der Waals surface area contributed by atoms with Crippen LogP contribution in [0, 0.1) is 0 Å². The third kappa shape index (κ3) is 2.75. The van der Waals surface area contributed by atoms with Crippen molar-refractivity contribution in [2.45, 2.75) is 0 Å². The van der Waals surface area contributed by atoms with E-state index in [2.05, 4.69) is 23.6 Å². The lowest BCUT2D eigenvalue weighted by atomic mass is 9.89. The van der Waals surface area contributed by atoms with Gasteiger partial charge in [0.2, 0.25) is 0 Å². The van der Waals surface area contributed by atoms with E-state index in [9.17, 15) is 4.79 Å². The van der Waals surface area contributed by atoms with E-state index < -0.39 is 0 Å². The standard InChI is InChI=1S/C23H18N2O/c24-25-23(26)22-19(17-8-2-1-3-9-17)13-7-15-21(22)20-14-6-11-16-10-4-5-12-18(16)20/h1-15H,24H2,(H,25,26). The molecule has 0 saturated heterocycles. The van der Waals surface area contributed by atoms with Crippen LogP contribution in [-0.2, 0) is 0 Å². The molecule has 0 bridgehead atoms. The number of fused-ring (bicyclic) bond motifs is 1. The first-order valence-electron chi connectivity index (χ1n) is 8.47. The van der Waals surface area contributed by atoms with Crippen LogP contribution in [0.1, 0.15) is 10.4 Å². The minimum Gasteiger partial charge on any atom is -0.290 e. The third-order valence-electron chi connectivity index (χ3n) is 4.59. The van der Waals surface area contributed by atoms with Crippen LogP contribution in [0.5, 0.6) is 0 Å². The number of nitrogens with two attached hydrogens (primary N) is 1. The van der Waals surface area contributed by atoms with Crippen LogP contribution in [0.4, 0.5) is 0 Å². The van der Waals surface area contributed by atoms with Gasteiger partial charge in [0, 0.05) is 0 Å². The van der Waals surface area contributed by atoms with E-state index in [0.717, 1.165) is 33.0 Å². The molecule has 3 heteroatoms. The Kier molecular flexibility index (Phi) is 4.22. The molecule has 3 N–H and O–H groups in total. The van der Waals surface area contributed by atoms with Crippen molar-refractivity contribution in [1.82, 2.24) is 5.43 Å². The highest BCUT2D eigenvalue weighted by molar-refractivity contribution is 6.10. The van der Waals surface area contributed by atoms with Crippen LogP contribution in [0.2, 0.25) is 0 Å². The Labute approximate surface area is 152 Å². The van der Waals surface area contributed by atoms with Crippen LogP contribution in [0.3, 0.4) is 0 Å². The summed E-state index contributed by atoms with van der Waals surface area (Å²) in [5.41, 5.74) is 6.61. The highest BCUT2D eigenvalue weighted by Gasteiger charge is 2.18. The summed E-state index contributed by atoms with van der Waals surface area (Å²) >= 11 is 0. The quantitative estimate of drug-likeness (QED) is 0.321. The van der Waals surface area contributed by atoms with Crippen molar-refractivity contribution >= 4 is 16.7 Å². The van der Waals surface area contributed by atoms with Gasteiger partial charge < -0.3 is 0 Å². The van der Waals surface area contributed by atoms with Gasteiger partial charge in [0.05, 0.1) is 5.56 Å².